The van der Waals surface area contributed by atoms with Crippen LogP contribution in [-0.4, -0.2) is 24.1 Å². The SMILES string of the molecule is O=c1nc2n(Cc3cnc(Cl)nc3)cccc-2c(=O)n1-c1ccc(F)cc1. The molecule has 3 heterocycles. The number of benzene rings is 1. The van der Waals surface area contributed by atoms with E-state index in [4.69, 9.17) is 11.6 Å². The summed E-state index contributed by atoms with van der Waals surface area (Å²) in [6.07, 6.45) is 4.81. The summed E-state index contributed by atoms with van der Waals surface area (Å²) in [5.74, 6) is -0.225. The zero-order chi connectivity index (χ0) is 19.0. The minimum Gasteiger partial charge on any atom is -0.328 e. The Kier molecular flexibility index (Phi) is 4.25. The Labute approximate surface area is 156 Å². The van der Waals surface area contributed by atoms with Crippen molar-refractivity contribution >= 4 is 11.6 Å². The zero-order valence-corrected chi connectivity index (χ0v) is 14.5. The molecular formula is C18H11ClFN5O2. The highest BCUT2D eigenvalue weighted by atomic mass is 35.5. The van der Waals surface area contributed by atoms with Crippen molar-refractivity contribution in [2.75, 3.05) is 0 Å². The molecule has 9 heteroatoms. The third-order valence-electron chi connectivity index (χ3n) is 3.98. The van der Waals surface area contributed by atoms with E-state index in [0.717, 1.165) is 10.1 Å². The van der Waals surface area contributed by atoms with E-state index < -0.39 is 17.1 Å². The maximum atomic E-state index is 13.1. The predicted molar refractivity (Wildman–Crippen MR) is 96.8 cm³/mol. The average Bonchev–Trinajstić information content (AvgIpc) is 2.66. The van der Waals surface area contributed by atoms with Crippen molar-refractivity contribution in [2.24, 2.45) is 0 Å². The normalized spacial score (nSPS) is 11.0. The van der Waals surface area contributed by atoms with Gasteiger partial charge >= 0.3 is 5.69 Å². The third-order valence-corrected chi connectivity index (χ3v) is 4.17. The van der Waals surface area contributed by atoms with Crippen molar-refractivity contribution in [1.82, 2.24) is 24.1 Å². The molecule has 0 radical (unpaired) electrons. The van der Waals surface area contributed by atoms with Crippen molar-refractivity contribution < 1.29 is 4.39 Å². The van der Waals surface area contributed by atoms with Crippen LogP contribution < -0.4 is 11.2 Å². The highest BCUT2D eigenvalue weighted by Gasteiger charge is 2.18. The topological polar surface area (TPSA) is 82.7 Å². The van der Waals surface area contributed by atoms with Crippen molar-refractivity contribution in [1.29, 1.82) is 0 Å². The summed E-state index contributed by atoms with van der Waals surface area (Å²) in [5.41, 5.74) is -0.0304. The van der Waals surface area contributed by atoms with Crippen LogP contribution in [0.5, 0.6) is 0 Å². The number of nitrogens with zero attached hydrogens (tertiary/aromatic N) is 5. The lowest BCUT2D eigenvalue weighted by Gasteiger charge is -2.15. The molecule has 1 aromatic carbocycles. The van der Waals surface area contributed by atoms with Crippen molar-refractivity contribution in [3.8, 4) is 17.1 Å². The van der Waals surface area contributed by atoms with Gasteiger partial charge in [0, 0.05) is 24.2 Å². The minimum absolute atomic E-state index is 0.129. The first-order chi connectivity index (χ1) is 13.0. The Balaban J connectivity index is 1.85. The molecule has 27 heavy (non-hydrogen) atoms. The first-order valence-electron chi connectivity index (χ1n) is 7.87. The van der Waals surface area contributed by atoms with Crippen LogP contribution in [0.1, 0.15) is 5.56 Å². The van der Waals surface area contributed by atoms with E-state index >= 15 is 0 Å². The molecule has 0 spiro atoms. The number of hydrogen-bond donors (Lipinski definition) is 0. The Morgan fingerprint density at radius 1 is 1.04 bits per heavy atom. The van der Waals surface area contributed by atoms with E-state index in [0.29, 0.717) is 6.54 Å². The Morgan fingerprint density at radius 2 is 1.74 bits per heavy atom. The van der Waals surface area contributed by atoms with Crippen LogP contribution in [-0.2, 0) is 6.54 Å². The van der Waals surface area contributed by atoms with Gasteiger partial charge in [-0.05, 0) is 48.0 Å². The smallest absolute Gasteiger partial charge is 0.328 e. The van der Waals surface area contributed by atoms with Gasteiger partial charge in [0.25, 0.3) is 5.56 Å². The Morgan fingerprint density at radius 3 is 2.44 bits per heavy atom. The molecule has 2 aromatic rings. The van der Waals surface area contributed by atoms with Gasteiger partial charge in [0.1, 0.15) is 5.82 Å². The van der Waals surface area contributed by atoms with E-state index in [1.165, 1.54) is 24.3 Å². The molecule has 0 unspecified atom stereocenters. The fraction of sp³-hybridized carbons (Fsp3) is 0.0556. The van der Waals surface area contributed by atoms with E-state index in [-0.39, 0.29) is 22.4 Å². The van der Waals surface area contributed by atoms with Gasteiger partial charge in [-0.2, -0.15) is 4.98 Å². The van der Waals surface area contributed by atoms with Gasteiger partial charge in [-0.1, -0.05) is 0 Å². The number of rotatable bonds is 3. The summed E-state index contributed by atoms with van der Waals surface area (Å²) in [4.78, 5) is 37.2. The molecule has 2 aliphatic heterocycles. The standard InChI is InChI=1S/C18H11ClFN5O2/c19-17-21-8-11(9-22-17)10-24-7-1-2-14-15(24)23-18(27)25(16(14)26)13-5-3-12(20)4-6-13/h1-9H,10H2. The van der Waals surface area contributed by atoms with Gasteiger partial charge in [0.2, 0.25) is 5.28 Å². The number of hydrogen-bond acceptors (Lipinski definition) is 5. The maximum absolute atomic E-state index is 13.1. The van der Waals surface area contributed by atoms with Crippen LogP contribution >= 0.6 is 11.6 Å². The van der Waals surface area contributed by atoms with Crippen LogP contribution in [0.25, 0.3) is 17.1 Å². The molecule has 7 nitrogen and oxygen atoms in total. The predicted octanol–water partition coefficient (Wildman–Crippen LogP) is 2.13. The summed E-state index contributed by atoms with van der Waals surface area (Å²) in [6.45, 7) is 0.306. The Hall–Kier alpha value is -3.39. The van der Waals surface area contributed by atoms with Gasteiger partial charge in [-0.15, -0.1) is 0 Å². The van der Waals surface area contributed by atoms with Crippen LogP contribution in [0, 0.1) is 5.82 Å². The van der Waals surface area contributed by atoms with Gasteiger partial charge in [0.05, 0.1) is 17.8 Å². The van der Waals surface area contributed by atoms with Gasteiger partial charge in [0.15, 0.2) is 5.82 Å². The maximum Gasteiger partial charge on any atom is 0.357 e. The largest absolute Gasteiger partial charge is 0.357 e. The zero-order valence-electron chi connectivity index (χ0n) is 13.7. The van der Waals surface area contributed by atoms with Crippen LogP contribution in [0.4, 0.5) is 4.39 Å². The molecule has 0 atom stereocenters. The molecule has 0 bridgehead atoms. The number of fused-ring (bicyclic) bond motifs is 1. The van der Waals surface area contributed by atoms with E-state index in [1.807, 2.05) is 0 Å². The van der Waals surface area contributed by atoms with E-state index in [9.17, 15) is 14.0 Å². The quantitative estimate of drug-likeness (QED) is 0.506. The average molecular weight is 384 g/mol. The summed E-state index contributed by atoms with van der Waals surface area (Å²) >= 11 is 5.69. The van der Waals surface area contributed by atoms with Crippen LogP contribution in [0.2, 0.25) is 5.28 Å². The number of halogens is 2. The first kappa shape index (κ1) is 17.0. The lowest BCUT2D eigenvalue weighted by molar-refractivity contribution is 0.627. The summed E-state index contributed by atoms with van der Waals surface area (Å²) in [5, 5.41) is 0.129. The second-order valence-corrected chi connectivity index (χ2v) is 6.08. The van der Waals surface area contributed by atoms with Crippen molar-refractivity contribution in [3.63, 3.8) is 0 Å². The molecular weight excluding hydrogens is 373 g/mol. The number of pyridine rings is 1. The van der Waals surface area contributed by atoms with Crippen LogP contribution in [0.15, 0.2) is 64.6 Å². The summed E-state index contributed by atoms with van der Waals surface area (Å²) in [7, 11) is 0. The Bertz CT molecular complexity index is 1200. The third kappa shape index (κ3) is 3.22. The van der Waals surface area contributed by atoms with Gasteiger partial charge < -0.3 is 4.57 Å². The van der Waals surface area contributed by atoms with E-state index in [1.54, 1.807) is 35.3 Å². The lowest BCUT2D eigenvalue weighted by Crippen LogP contribution is -2.36. The highest BCUT2D eigenvalue weighted by molar-refractivity contribution is 6.28. The van der Waals surface area contributed by atoms with Crippen LogP contribution in [0.3, 0.4) is 0 Å². The van der Waals surface area contributed by atoms with Gasteiger partial charge in [-0.3, -0.25) is 4.79 Å². The molecule has 0 amide bonds. The molecule has 0 saturated carbocycles. The van der Waals surface area contributed by atoms with Crippen molar-refractivity contribution in [2.45, 2.75) is 6.54 Å². The molecule has 0 fully saturated rings. The second-order valence-electron chi connectivity index (χ2n) is 5.75. The molecule has 1 aromatic heterocycles. The molecule has 2 aliphatic rings. The molecule has 0 N–H and O–H groups in total. The van der Waals surface area contributed by atoms with Crippen molar-refractivity contribution in [3.05, 3.63) is 92.5 Å². The number of aromatic nitrogens is 5. The van der Waals surface area contributed by atoms with Gasteiger partial charge in [-0.25, -0.2) is 23.7 Å². The minimum atomic E-state index is -0.744. The highest BCUT2D eigenvalue weighted by Crippen LogP contribution is 2.16. The molecule has 0 saturated heterocycles. The fourth-order valence-electron chi connectivity index (χ4n) is 2.75. The monoisotopic (exact) mass is 383 g/mol. The first-order valence-corrected chi connectivity index (χ1v) is 8.25. The molecule has 134 valence electrons. The van der Waals surface area contributed by atoms with E-state index in [2.05, 4.69) is 15.0 Å². The fourth-order valence-corrected chi connectivity index (χ4v) is 2.84. The second kappa shape index (κ2) is 6.73. The molecule has 4 rings (SSSR count). The lowest BCUT2D eigenvalue weighted by atomic mass is 10.2. The summed E-state index contributed by atoms with van der Waals surface area (Å²) < 4.78 is 15.7. The molecule has 0 aliphatic carbocycles. The summed E-state index contributed by atoms with van der Waals surface area (Å²) in [6, 6.07) is 8.33.